The molecule has 2 aromatic rings. The van der Waals surface area contributed by atoms with E-state index in [9.17, 15) is 5.11 Å². The van der Waals surface area contributed by atoms with Crippen molar-refractivity contribution >= 4 is 17.3 Å². The van der Waals surface area contributed by atoms with Crippen LogP contribution in [0.25, 0.3) is 0 Å². The van der Waals surface area contributed by atoms with Crippen LogP contribution >= 0.6 is 11.3 Å². The van der Waals surface area contributed by atoms with Gasteiger partial charge in [0.15, 0.2) is 5.96 Å². The first-order chi connectivity index (χ1) is 11.2. The van der Waals surface area contributed by atoms with Gasteiger partial charge in [0, 0.05) is 30.6 Å². The quantitative estimate of drug-likeness (QED) is 0.508. The van der Waals surface area contributed by atoms with Gasteiger partial charge < -0.3 is 20.2 Å². The highest BCUT2D eigenvalue weighted by molar-refractivity contribution is 7.11. The number of thiazole rings is 1. The number of hydrogen-bond acceptors (Lipinski definition) is 5. The van der Waals surface area contributed by atoms with Crippen molar-refractivity contribution in [2.45, 2.75) is 32.8 Å². The van der Waals surface area contributed by atoms with Crippen LogP contribution in [-0.4, -0.2) is 35.7 Å². The molecule has 126 valence electrons. The summed E-state index contributed by atoms with van der Waals surface area (Å²) in [5.74, 6) is 1.21. The van der Waals surface area contributed by atoms with Gasteiger partial charge in [-0.1, -0.05) is 6.92 Å². The van der Waals surface area contributed by atoms with E-state index in [1.165, 1.54) is 4.88 Å². The number of guanidine groups is 1. The minimum atomic E-state index is -0.730. The largest absolute Gasteiger partial charge is 0.467 e. The van der Waals surface area contributed by atoms with E-state index in [4.69, 9.17) is 4.42 Å². The molecule has 6 nitrogen and oxygen atoms in total. The maximum atomic E-state index is 10.00. The molecule has 0 aromatic carbocycles. The van der Waals surface area contributed by atoms with Gasteiger partial charge in [0.1, 0.15) is 11.9 Å². The molecule has 2 rings (SSSR count). The summed E-state index contributed by atoms with van der Waals surface area (Å²) < 4.78 is 5.17. The zero-order valence-electron chi connectivity index (χ0n) is 13.6. The SMILES string of the molecule is CCNC(=NCC(O)c1ccco1)NCCc1ncc(CC)s1. The normalized spacial score (nSPS) is 13.1. The van der Waals surface area contributed by atoms with Crippen molar-refractivity contribution in [3.63, 3.8) is 0 Å². The average Bonchev–Trinajstić information content (AvgIpc) is 3.23. The Morgan fingerprint density at radius 2 is 2.30 bits per heavy atom. The van der Waals surface area contributed by atoms with Crippen LogP contribution in [0.1, 0.15) is 35.6 Å². The van der Waals surface area contributed by atoms with E-state index >= 15 is 0 Å². The van der Waals surface area contributed by atoms with E-state index in [0.29, 0.717) is 11.7 Å². The van der Waals surface area contributed by atoms with Crippen LogP contribution in [0.2, 0.25) is 0 Å². The summed E-state index contributed by atoms with van der Waals surface area (Å²) in [7, 11) is 0. The maximum Gasteiger partial charge on any atom is 0.191 e. The zero-order chi connectivity index (χ0) is 16.5. The summed E-state index contributed by atoms with van der Waals surface area (Å²) in [4.78, 5) is 10.1. The predicted molar refractivity (Wildman–Crippen MR) is 92.8 cm³/mol. The molecule has 0 radical (unpaired) electrons. The Bertz CT molecular complexity index is 595. The van der Waals surface area contributed by atoms with Crippen molar-refractivity contribution in [3.8, 4) is 0 Å². The molecule has 2 aromatic heterocycles. The Morgan fingerprint density at radius 1 is 1.43 bits per heavy atom. The van der Waals surface area contributed by atoms with E-state index in [-0.39, 0.29) is 6.54 Å². The first kappa shape index (κ1) is 17.5. The number of aromatic nitrogens is 1. The van der Waals surface area contributed by atoms with Gasteiger partial charge in [0.25, 0.3) is 0 Å². The summed E-state index contributed by atoms with van der Waals surface area (Å²) in [5, 5.41) is 17.5. The molecule has 1 atom stereocenters. The summed E-state index contributed by atoms with van der Waals surface area (Å²) in [6.07, 6.45) is 4.64. The number of aryl methyl sites for hydroxylation is 1. The minimum Gasteiger partial charge on any atom is -0.467 e. The van der Waals surface area contributed by atoms with Gasteiger partial charge in [-0.25, -0.2) is 4.98 Å². The van der Waals surface area contributed by atoms with Crippen LogP contribution in [-0.2, 0) is 12.8 Å². The predicted octanol–water partition coefficient (Wildman–Crippen LogP) is 2.13. The van der Waals surface area contributed by atoms with Gasteiger partial charge in [-0.15, -0.1) is 11.3 Å². The molecular weight excluding hydrogens is 312 g/mol. The molecule has 1 unspecified atom stereocenters. The van der Waals surface area contributed by atoms with Crippen molar-refractivity contribution in [1.82, 2.24) is 15.6 Å². The third-order valence-electron chi connectivity index (χ3n) is 3.22. The molecule has 0 spiro atoms. The monoisotopic (exact) mass is 336 g/mol. The third kappa shape index (κ3) is 5.69. The van der Waals surface area contributed by atoms with E-state index in [2.05, 4.69) is 27.5 Å². The van der Waals surface area contributed by atoms with Gasteiger partial charge in [0.05, 0.1) is 17.8 Å². The fourth-order valence-corrected chi connectivity index (χ4v) is 2.87. The first-order valence-electron chi connectivity index (χ1n) is 7.90. The number of aliphatic hydroxyl groups is 1. The molecule has 3 N–H and O–H groups in total. The Kier molecular flexibility index (Phi) is 7.09. The molecule has 0 saturated carbocycles. The van der Waals surface area contributed by atoms with Crippen LogP contribution in [0.4, 0.5) is 0 Å². The van der Waals surface area contributed by atoms with E-state index in [1.807, 2.05) is 13.1 Å². The minimum absolute atomic E-state index is 0.250. The first-order valence-corrected chi connectivity index (χ1v) is 8.71. The molecule has 0 saturated heterocycles. The molecule has 2 heterocycles. The second kappa shape index (κ2) is 9.32. The smallest absolute Gasteiger partial charge is 0.191 e. The number of hydrogen-bond donors (Lipinski definition) is 3. The van der Waals surface area contributed by atoms with Crippen LogP contribution in [0, 0.1) is 0 Å². The fraction of sp³-hybridized carbons (Fsp3) is 0.500. The lowest BCUT2D eigenvalue weighted by Crippen LogP contribution is -2.38. The van der Waals surface area contributed by atoms with Crippen LogP contribution in [0.3, 0.4) is 0 Å². The van der Waals surface area contributed by atoms with Gasteiger partial charge in [-0.2, -0.15) is 0 Å². The Morgan fingerprint density at radius 3 is 2.96 bits per heavy atom. The Balaban J connectivity index is 1.81. The van der Waals surface area contributed by atoms with E-state index < -0.39 is 6.10 Å². The molecule has 0 aliphatic rings. The van der Waals surface area contributed by atoms with Gasteiger partial charge >= 0.3 is 0 Å². The molecule has 0 fully saturated rings. The van der Waals surface area contributed by atoms with E-state index in [0.717, 1.165) is 30.9 Å². The number of aliphatic imine (C=N–C) groups is 1. The van der Waals surface area contributed by atoms with Gasteiger partial charge in [-0.3, -0.25) is 4.99 Å². The summed E-state index contributed by atoms with van der Waals surface area (Å²) in [6.45, 7) is 5.91. The number of aliphatic hydroxyl groups excluding tert-OH is 1. The highest BCUT2D eigenvalue weighted by atomic mass is 32.1. The average molecular weight is 336 g/mol. The molecule has 0 aliphatic heterocycles. The summed E-state index contributed by atoms with van der Waals surface area (Å²) in [6, 6.07) is 3.50. The molecule has 7 heteroatoms. The van der Waals surface area contributed by atoms with Gasteiger partial charge in [0.2, 0.25) is 0 Å². The fourth-order valence-electron chi connectivity index (χ4n) is 2.01. The second-order valence-electron chi connectivity index (χ2n) is 5.00. The third-order valence-corrected chi connectivity index (χ3v) is 4.42. The number of nitrogens with zero attached hydrogens (tertiary/aromatic N) is 2. The Labute approximate surface area is 140 Å². The molecule has 0 bridgehead atoms. The van der Waals surface area contributed by atoms with Gasteiger partial charge in [-0.05, 0) is 25.5 Å². The lowest BCUT2D eigenvalue weighted by atomic mass is 10.3. The summed E-state index contributed by atoms with van der Waals surface area (Å²) >= 11 is 1.75. The van der Waals surface area contributed by atoms with Crippen molar-refractivity contribution < 1.29 is 9.52 Å². The number of nitrogens with one attached hydrogen (secondary N) is 2. The van der Waals surface area contributed by atoms with Crippen molar-refractivity contribution in [2.24, 2.45) is 4.99 Å². The van der Waals surface area contributed by atoms with Crippen molar-refractivity contribution in [2.75, 3.05) is 19.6 Å². The molecule has 0 aliphatic carbocycles. The lowest BCUT2D eigenvalue weighted by molar-refractivity contribution is 0.158. The summed E-state index contributed by atoms with van der Waals surface area (Å²) in [5.41, 5.74) is 0. The topological polar surface area (TPSA) is 82.7 Å². The van der Waals surface area contributed by atoms with E-state index in [1.54, 1.807) is 29.7 Å². The zero-order valence-corrected chi connectivity index (χ0v) is 14.4. The van der Waals surface area contributed by atoms with Crippen molar-refractivity contribution in [1.29, 1.82) is 0 Å². The number of furan rings is 1. The number of rotatable bonds is 8. The highest BCUT2D eigenvalue weighted by Crippen LogP contribution is 2.14. The molecule has 0 amide bonds. The molecule has 23 heavy (non-hydrogen) atoms. The van der Waals surface area contributed by atoms with Crippen LogP contribution in [0.5, 0.6) is 0 Å². The highest BCUT2D eigenvalue weighted by Gasteiger charge is 2.10. The van der Waals surface area contributed by atoms with Crippen LogP contribution in [0.15, 0.2) is 34.0 Å². The lowest BCUT2D eigenvalue weighted by Gasteiger charge is -2.11. The maximum absolute atomic E-state index is 10.00. The standard InChI is InChI=1S/C16H24N4O2S/c1-3-12-10-19-15(23-12)7-8-18-16(17-4-2)20-11-13(21)14-6-5-9-22-14/h5-6,9-10,13,21H,3-4,7-8,11H2,1-2H3,(H2,17,18,20). The Hall–Kier alpha value is -1.86. The second-order valence-corrected chi connectivity index (χ2v) is 6.20. The van der Waals surface area contributed by atoms with Crippen molar-refractivity contribution in [3.05, 3.63) is 40.2 Å². The van der Waals surface area contributed by atoms with Crippen LogP contribution < -0.4 is 10.6 Å². The molecular formula is C16H24N4O2S.